The van der Waals surface area contributed by atoms with Gasteiger partial charge in [0, 0.05) is 0 Å². The van der Waals surface area contributed by atoms with Crippen LogP contribution in [-0.4, -0.2) is 6.29 Å². The molecular formula is C12H16OS. The molecule has 0 unspecified atom stereocenters. The first-order chi connectivity index (χ1) is 6.79. The molecule has 1 nitrogen and oxygen atoms in total. The largest absolute Gasteiger partial charge is 0.297 e. The van der Waals surface area contributed by atoms with Gasteiger partial charge in [-0.15, -0.1) is 11.3 Å². The van der Waals surface area contributed by atoms with Gasteiger partial charge in [0.05, 0.1) is 4.88 Å². The lowest BCUT2D eigenvalue weighted by atomic mass is 9.80. The van der Waals surface area contributed by atoms with E-state index >= 15 is 0 Å². The predicted molar refractivity (Wildman–Crippen MR) is 60.1 cm³/mol. The lowest BCUT2D eigenvalue weighted by molar-refractivity contribution is 0.112. The molecule has 1 aromatic rings. The molecule has 0 spiro atoms. The molecule has 14 heavy (non-hydrogen) atoms. The van der Waals surface area contributed by atoms with Crippen LogP contribution in [0.3, 0.4) is 0 Å². The van der Waals surface area contributed by atoms with E-state index in [1.807, 2.05) is 0 Å². The van der Waals surface area contributed by atoms with Gasteiger partial charge < -0.3 is 0 Å². The Bertz CT molecular complexity index is 308. The molecule has 0 amide bonds. The first-order valence-electron chi connectivity index (χ1n) is 5.33. The first kappa shape index (κ1) is 9.91. The van der Waals surface area contributed by atoms with E-state index in [-0.39, 0.29) is 0 Å². The highest BCUT2D eigenvalue weighted by Gasteiger charge is 2.20. The molecule has 1 aliphatic carbocycles. The molecule has 0 aliphatic heterocycles. The van der Waals surface area contributed by atoms with Gasteiger partial charge in [-0.05, 0) is 41.7 Å². The Morgan fingerprint density at radius 1 is 1.36 bits per heavy atom. The molecular weight excluding hydrogens is 192 g/mol. The van der Waals surface area contributed by atoms with Crippen molar-refractivity contribution in [2.45, 2.75) is 38.5 Å². The van der Waals surface area contributed by atoms with Crippen molar-refractivity contribution < 1.29 is 4.79 Å². The second-order valence-electron chi connectivity index (χ2n) is 4.36. The molecule has 0 N–H and O–H groups in total. The summed E-state index contributed by atoms with van der Waals surface area (Å²) in [6.45, 7) is 2.33. The minimum absolute atomic E-state index is 0.719. The molecule has 1 fully saturated rings. The molecule has 2 rings (SSSR count). The van der Waals surface area contributed by atoms with Crippen molar-refractivity contribution in [3.63, 3.8) is 0 Å². The third-order valence-electron chi connectivity index (χ3n) is 3.24. The second kappa shape index (κ2) is 4.26. The summed E-state index contributed by atoms with van der Waals surface area (Å²) < 4.78 is 0. The van der Waals surface area contributed by atoms with Crippen molar-refractivity contribution in [1.82, 2.24) is 0 Å². The minimum Gasteiger partial charge on any atom is -0.297 e. The third-order valence-corrected chi connectivity index (χ3v) is 4.12. The normalized spacial score (nSPS) is 27.5. The molecule has 0 bridgehead atoms. The average Bonchev–Trinajstić information content (AvgIpc) is 2.67. The van der Waals surface area contributed by atoms with Crippen molar-refractivity contribution in [3.8, 4) is 0 Å². The number of carbonyl (C=O) groups excluding carboxylic acids is 1. The average molecular weight is 208 g/mol. The van der Waals surface area contributed by atoms with Gasteiger partial charge in [-0.2, -0.15) is 0 Å². The topological polar surface area (TPSA) is 17.1 Å². The molecule has 1 saturated carbocycles. The van der Waals surface area contributed by atoms with Crippen LogP contribution in [0, 0.1) is 5.92 Å². The Labute approximate surface area is 89.1 Å². The van der Waals surface area contributed by atoms with Crippen LogP contribution in [-0.2, 0) is 0 Å². The van der Waals surface area contributed by atoms with E-state index in [1.54, 1.807) is 11.3 Å². The Balaban J connectivity index is 2.04. The van der Waals surface area contributed by atoms with Crippen LogP contribution in [0.25, 0.3) is 0 Å². The number of rotatable bonds is 2. The van der Waals surface area contributed by atoms with Gasteiger partial charge in [0.2, 0.25) is 0 Å². The van der Waals surface area contributed by atoms with Gasteiger partial charge in [-0.1, -0.05) is 19.8 Å². The summed E-state index contributed by atoms with van der Waals surface area (Å²) in [5.41, 5.74) is 1.39. The zero-order chi connectivity index (χ0) is 9.97. The highest BCUT2D eigenvalue weighted by Crippen LogP contribution is 2.36. The van der Waals surface area contributed by atoms with Gasteiger partial charge in [0.1, 0.15) is 0 Å². The van der Waals surface area contributed by atoms with Gasteiger partial charge in [0.15, 0.2) is 6.29 Å². The maximum atomic E-state index is 10.6. The van der Waals surface area contributed by atoms with Crippen LogP contribution >= 0.6 is 11.3 Å². The monoisotopic (exact) mass is 208 g/mol. The van der Waals surface area contributed by atoms with Crippen molar-refractivity contribution in [1.29, 1.82) is 0 Å². The lowest BCUT2D eigenvalue weighted by Gasteiger charge is -2.25. The number of thiophene rings is 1. The lowest BCUT2D eigenvalue weighted by Crippen LogP contribution is -2.10. The van der Waals surface area contributed by atoms with E-state index in [9.17, 15) is 4.79 Å². The highest BCUT2D eigenvalue weighted by molar-refractivity contribution is 7.11. The molecule has 0 radical (unpaired) electrons. The molecule has 1 aliphatic rings. The van der Waals surface area contributed by atoms with Crippen LogP contribution in [0.1, 0.15) is 53.8 Å². The van der Waals surface area contributed by atoms with Crippen molar-refractivity contribution in [2.24, 2.45) is 5.92 Å². The summed E-state index contributed by atoms with van der Waals surface area (Å²) in [6.07, 6.45) is 6.25. The smallest absolute Gasteiger partial charge is 0.160 e. The molecule has 2 heteroatoms. The number of hydrogen-bond donors (Lipinski definition) is 0. The minimum atomic E-state index is 0.719. The Hall–Kier alpha value is -0.630. The number of carbonyl (C=O) groups is 1. The Morgan fingerprint density at radius 2 is 2.07 bits per heavy atom. The molecule has 0 aromatic carbocycles. The van der Waals surface area contributed by atoms with Crippen LogP contribution in [0.4, 0.5) is 0 Å². The summed E-state index contributed by atoms with van der Waals surface area (Å²) in [6, 6.07) is 2.07. The molecule has 1 heterocycles. The standard InChI is InChI=1S/C12H16OS/c1-9-2-4-10(5-3-9)11-6-12(7-13)14-8-11/h6-10H,2-5H2,1H3. The van der Waals surface area contributed by atoms with Crippen LogP contribution < -0.4 is 0 Å². The maximum Gasteiger partial charge on any atom is 0.160 e. The number of aldehydes is 1. The van der Waals surface area contributed by atoms with Gasteiger partial charge in [-0.3, -0.25) is 4.79 Å². The van der Waals surface area contributed by atoms with Crippen LogP contribution in [0.5, 0.6) is 0 Å². The van der Waals surface area contributed by atoms with Gasteiger partial charge in [-0.25, -0.2) is 0 Å². The SMILES string of the molecule is CC1CCC(c2csc(C=O)c2)CC1. The fourth-order valence-corrected chi connectivity index (χ4v) is 3.03. The maximum absolute atomic E-state index is 10.6. The highest BCUT2D eigenvalue weighted by atomic mass is 32.1. The predicted octanol–water partition coefficient (Wildman–Crippen LogP) is 3.85. The zero-order valence-corrected chi connectivity index (χ0v) is 9.35. The van der Waals surface area contributed by atoms with Crippen LogP contribution in [0.15, 0.2) is 11.4 Å². The van der Waals surface area contributed by atoms with Crippen molar-refractivity contribution >= 4 is 17.6 Å². The van der Waals surface area contributed by atoms with E-state index in [2.05, 4.69) is 18.4 Å². The van der Waals surface area contributed by atoms with Gasteiger partial charge >= 0.3 is 0 Å². The van der Waals surface area contributed by atoms with E-state index in [0.29, 0.717) is 0 Å². The first-order valence-corrected chi connectivity index (χ1v) is 6.21. The number of hydrogen-bond acceptors (Lipinski definition) is 2. The quantitative estimate of drug-likeness (QED) is 0.675. The molecule has 0 saturated heterocycles. The summed E-state index contributed by atoms with van der Waals surface area (Å²) in [5, 5.41) is 2.16. The van der Waals surface area contributed by atoms with Crippen molar-refractivity contribution in [3.05, 3.63) is 21.9 Å². The third kappa shape index (κ3) is 2.06. The van der Waals surface area contributed by atoms with Gasteiger partial charge in [0.25, 0.3) is 0 Å². The van der Waals surface area contributed by atoms with E-state index in [4.69, 9.17) is 0 Å². The van der Waals surface area contributed by atoms with E-state index < -0.39 is 0 Å². The Kier molecular flexibility index (Phi) is 3.02. The van der Waals surface area contributed by atoms with E-state index in [1.165, 1.54) is 31.2 Å². The Morgan fingerprint density at radius 3 is 2.64 bits per heavy atom. The fourth-order valence-electron chi connectivity index (χ4n) is 2.24. The van der Waals surface area contributed by atoms with Crippen molar-refractivity contribution in [2.75, 3.05) is 0 Å². The summed E-state index contributed by atoms with van der Waals surface area (Å²) in [7, 11) is 0. The van der Waals surface area contributed by atoms with Crippen LogP contribution in [0.2, 0.25) is 0 Å². The zero-order valence-electron chi connectivity index (χ0n) is 8.53. The summed E-state index contributed by atoms with van der Waals surface area (Å²) in [4.78, 5) is 11.4. The second-order valence-corrected chi connectivity index (χ2v) is 5.30. The fraction of sp³-hybridized carbons (Fsp3) is 0.583. The molecule has 76 valence electrons. The molecule has 0 atom stereocenters. The molecule has 1 aromatic heterocycles. The van der Waals surface area contributed by atoms with E-state index in [0.717, 1.165) is 23.0 Å². The summed E-state index contributed by atoms with van der Waals surface area (Å²) >= 11 is 1.58. The summed E-state index contributed by atoms with van der Waals surface area (Å²) in [5.74, 6) is 1.62.